The van der Waals surface area contributed by atoms with Gasteiger partial charge in [0, 0.05) is 25.3 Å². The van der Waals surface area contributed by atoms with Gasteiger partial charge in [-0.2, -0.15) is 0 Å². The highest BCUT2D eigenvalue weighted by Crippen LogP contribution is 2.24. The highest BCUT2D eigenvalue weighted by Gasteiger charge is 2.21. The first-order valence-corrected chi connectivity index (χ1v) is 9.29. The van der Waals surface area contributed by atoms with Gasteiger partial charge in [0.15, 0.2) is 0 Å². The molecule has 0 aliphatic rings. The van der Waals surface area contributed by atoms with Crippen LogP contribution in [0, 0.1) is 11.8 Å². The van der Waals surface area contributed by atoms with Gasteiger partial charge in [0.05, 0.1) is 12.5 Å². The first kappa shape index (κ1) is 19.3. The van der Waals surface area contributed by atoms with Crippen molar-refractivity contribution in [2.75, 3.05) is 25.5 Å². The Morgan fingerprint density at radius 3 is 1.89 bits per heavy atom. The topological polar surface area (TPSA) is 32.3 Å². The second kappa shape index (κ2) is 9.43. The number of nitrogens with zero attached hydrogens (tertiary/aromatic N) is 1. The van der Waals surface area contributed by atoms with E-state index >= 15 is 0 Å². The van der Waals surface area contributed by atoms with Crippen LogP contribution < -0.4 is 10.2 Å². The lowest BCUT2D eigenvalue weighted by Gasteiger charge is -2.17. The highest BCUT2D eigenvalue weighted by molar-refractivity contribution is 5.87. The summed E-state index contributed by atoms with van der Waals surface area (Å²) in [6.45, 7) is 0.310. The maximum atomic E-state index is 12.9. The number of rotatable bonds is 5. The molecule has 0 aliphatic carbocycles. The molecule has 140 valence electrons. The summed E-state index contributed by atoms with van der Waals surface area (Å²) in [5.41, 5.74) is 4.01. The van der Waals surface area contributed by atoms with Gasteiger partial charge in [-0.3, -0.25) is 4.79 Å². The van der Waals surface area contributed by atoms with E-state index in [1.807, 2.05) is 104 Å². The molecular formula is C25H24N2O. The third-order valence-electron chi connectivity index (χ3n) is 4.50. The Balaban J connectivity index is 1.68. The molecule has 0 bridgehead atoms. The van der Waals surface area contributed by atoms with Gasteiger partial charge >= 0.3 is 0 Å². The van der Waals surface area contributed by atoms with Gasteiger partial charge in [-0.05, 0) is 35.4 Å². The van der Waals surface area contributed by atoms with Crippen molar-refractivity contribution < 1.29 is 4.79 Å². The van der Waals surface area contributed by atoms with Crippen LogP contribution in [-0.2, 0) is 4.79 Å². The number of carbonyl (C=O) groups excluding carboxylic acids is 1. The molecule has 0 aromatic heterocycles. The van der Waals surface area contributed by atoms with E-state index in [1.54, 1.807) is 0 Å². The van der Waals surface area contributed by atoms with E-state index in [-0.39, 0.29) is 11.8 Å². The van der Waals surface area contributed by atoms with Gasteiger partial charge < -0.3 is 10.2 Å². The summed E-state index contributed by atoms with van der Waals surface area (Å²) < 4.78 is 0. The average molecular weight is 368 g/mol. The highest BCUT2D eigenvalue weighted by atomic mass is 16.1. The van der Waals surface area contributed by atoms with Gasteiger partial charge in [-0.25, -0.2) is 0 Å². The second-order valence-corrected chi connectivity index (χ2v) is 6.72. The Morgan fingerprint density at radius 1 is 0.857 bits per heavy atom. The number of nitrogens with one attached hydrogen (secondary N) is 1. The molecule has 0 saturated carbocycles. The van der Waals surface area contributed by atoms with E-state index < -0.39 is 0 Å². The quantitative estimate of drug-likeness (QED) is 0.689. The van der Waals surface area contributed by atoms with Crippen molar-refractivity contribution in [3.63, 3.8) is 0 Å². The second-order valence-electron chi connectivity index (χ2n) is 6.72. The maximum Gasteiger partial charge on any atom is 0.232 e. The predicted molar refractivity (Wildman–Crippen MR) is 115 cm³/mol. The van der Waals surface area contributed by atoms with Crippen LogP contribution in [0.1, 0.15) is 22.6 Å². The minimum Gasteiger partial charge on any atom is -0.378 e. The molecule has 0 spiro atoms. The lowest BCUT2D eigenvalue weighted by atomic mass is 9.90. The molecule has 3 aromatic rings. The number of hydrogen-bond acceptors (Lipinski definition) is 2. The summed E-state index contributed by atoms with van der Waals surface area (Å²) in [5, 5.41) is 2.96. The summed E-state index contributed by atoms with van der Waals surface area (Å²) in [4.78, 5) is 14.9. The van der Waals surface area contributed by atoms with E-state index in [0.717, 1.165) is 22.4 Å². The van der Waals surface area contributed by atoms with Gasteiger partial charge in [0.1, 0.15) is 0 Å². The molecule has 0 atom stereocenters. The Labute approximate surface area is 167 Å². The fourth-order valence-corrected chi connectivity index (χ4v) is 3.01. The maximum absolute atomic E-state index is 12.9. The smallest absolute Gasteiger partial charge is 0.232 e. The van der Waals surface area contributed by atoms with Crippen molar-refractivity contribution in [2.24, 2.45) is 0 Å². The number of carbonyl (C=O) groups is 1. The SMILES string of the molecule is CN(C)c1ccc(C#CCNC(=O)C(c2ccccc2)c2ccccc2)cc1. The van der Waals surface area contributed by atoms with Gasteiger partial charge in [-0.1, -0.05) is 72.5 Å². The van der Waals surface area contributed by atoms with Crippen LogP contribution >= 0.6 is 0 Å². The molecule has 0 unspecified atom stereocenters. The van der Waals surface area contributed by atoms with Crippen LogP contribution in [-0.4, -0.2) is 26.5 Å². The van der Waals surface area contributed by atoms with E-state index in [2.05, 4.69) is 17.2 Å². The number of anilines is 1. The molecular weight excluding hydrogens is 344 g/mol. The van der Waals surface area contributed by atoms with Gasteiger partial charge in [0.2, 0.25) is 5.91 Å². The summed E-state index contributed by atoms with van der Waals surface area (Å²) in [5.74, 6) is 5.75. The zero-order valence-corrected chi connectivity index (χ0v) is 16.2. The molecule has 1 N–H and O–H groups in total. The van der Waals surface area contributed by atoms with Crippen molar-refractivity contribution in [1.29, 1.82) is 0 Å². The van der Waals surface area contributed by atoms with Crippen LogP contribution in [0.3, 0.4) is 0 Å². The van der Waals surface area contributed by atoms with Crippen LogP contribution in [0.5, 0.6) is 0 Å². The van der Waals surface area contributed by atoms with E-state index in [0.29, 0.717) is 6.54 Å². The first-order chi connectivity index (χ1) is 13.6. The fourth-order valence-electron chi connectivity index (χ4n) is 3.01. The van der Waals surface area contributed by atoms with E-state index in [1.165, 1.54) is 0 Å². The molecule has 0 saturated heterocycles. The zero-order valence-electron chi connectivity index (χ0n) is 16.2. The number of hydrogen-bond donors (Lipinski definition) is 1. The molecule has 0 heterocycles. The van der Waals surface area contributed by atoms with E-state index in [9.17, 15) is 4.79 Å². The molecule has 3 nitrogen and oxygen atoms in total. The third-order valence-corrected chi connectivity index (χ3v) is 4.50. The Bertz CT molecular complexity index is 913. The lowest BCUT2D eigenvalue weighted by molar-refractivity contribution is -0.121. The standard InChI is InChI=1S/C25H24N2O/c1-27(2)23-17-15-20(16-18-23)10-9-19-26-25(28)24(21-11-5-3-6-12-21)22-13-7-4-8-14-22/h3-8,11-18,24H,19H2,1-2H3,(H,26,28). The Kier molecular flexibility index (Phi) is 6.49. The van der Waals surface area contributed by atoms with Crippen LogP contribution in [0.15, 0.2) is 84.9 Å². The summed E-state index contributed by atoms with van der Waals surface area (Å²) in [6.07, 6.45) is 0. The first-order valence-electron chi connectivity index (χ1n) is 9.29. The molecule has 3 rings (SSSR count). The lowest BCUT2D eigenvalue weighted by Crippen LogP contribution is -2.30. The number of benzene rings is 3. The molecule has 0 aliphatic heterocycles. The molecule has 28 heavy (non-hydrogen) atoms. The average Bonchev–Trinajstić information content (AvgIpc) is 2.73. The van der Waals surface area contributed by atoms with Gasteiger partial charge in [-0.15, -0.1) is 0 Å². The molecule has 3 aromatic carbocycles. The Morgan fingerprint density at radius 2 is 1.39 bits per heavy atom. The van der Waals surface area contributed by atoms with Crippen molar-refractivity contribution in [3.8, 4) is 11.8 Å². The van der Waals surface area contributed by atoms with Crippen LogP contribution in [0.2, 0.25) is 0 Å². The van der Waals surface area contributed by atoms with Crippen molar-refractivity contribution in [1.82, 2.24) is 5.32 Å². The molecule has 0 fully saturated rings. The van der Waals surface area contributed by atoms with Crippen LogP contribution in [0.25, 0.3) is 0 Å². The minimum atomic E-state index is -0.344. The molecule has 3 heteroatoms. The van der Waals surface area contributed by atoms with Crippen molar-refractivity contribution >= 4 is 11.6 Å². The van der Waals surface area contributed by atoms with Crippen molar-refractivity contribution in [3.05, 3.63) is 102 Å². The van der Waals surface area contributed by atoms with E-state index in [4.69, 9.17) is 0 Å². The summed E-state index contributed by atoms with van der Waals surface area (Å²) in [7, 11) is 4.01. The Hall–Kier alpha value is -3.51. The summed E-state index contributed by atoms with van der Waals surface area (Å²) in [6, 6.07) is 27.7. The largest absolute Gasteiger partial charge is 0.378 e. The van der Waals surface area contributed by atoms with Crippen LogP contribution in [0.4, 0.5) is 5.69 Å². The molecule has 1 amide bonds. The number of amides is 1. The van der Waals surface area contributed by atoms with Gasteiger partial charge in [0.25, 0.3) is 0 Å². The third kappa shape index (κ3) is 5.02. The summed E-state index contributed by atoms with van der Waals surface area (Å²) >= 11 is 0. The van der Waals surface area contributed by atoms with Crippen molar-refractivity contribution in [2.45, 2.75) is 5.92 Å². The monoisotopic (exact) mass is 368 g/mol. The normalized spacial score (nSPS) is 10.1. The molecule has 0 radical (unpaired) electrons. The zero-order chi connectivity index (χ0) is 19.8. The predicted octanol–water partition coefficient (Wildman–Crippen LogP) is 4.05. The fraction of sp³-hybridized carbons (Fsp3) is 0.160. The minimum absolute atomic E-state index is 0.0466.